The molecule has 1 heterocycles. The van der Waals surface area contributed by atoms with Crippen molar-refractivity contribution in [2.75, 3.05) is 37.5 Å². The van der Waals surface area contributed by atoms with Gasteiger partial charge in [-0.15, -0.1) is 0 Å². The number of nitrogens with one attached hydrogen (secondary N) is 1. The second kappa shape index (κ2) is 11.2. The lowest BCUT2D eigenvalue weighted by Gasteiger charge is -2.34. The maximum absolute atomic E-state index is 13.3. The molecule has 6 nitrogen and oxygen atoms in total. The molecule has 3 aromatic rings. The number of ketones is 1. The molecule has 0 bridgehead atoms. The van der Waals surface area contributed by atoms with Crippen LogP contribution in [0.4, 0.5) is 15.8 Å². The van der Waals surface area contributed by atoms with Gasteiger partial charge in [0, 0.05) is 41.9 Å². The summed E-state index contributed by atoms with van der Waals surface area (Å²) in [5.74, 6) is 0.575. The number of halogens is 1. The van der Waals surface area contributed by atoms with E-state index >= 15 is 0 Å². The van der Waals surface area contributed by atoms with Crippen molar-refractivity contribution in [2.45, 2.75) is 26.2 Å². The molecule has 1 amide bonds. The number of benzene rings is 3. The standard InChI is InChI=1S/C29H31FN2O4/c1-4-23-24(29(34)31-25-13-12-22(35-2)18-27(25)36-3)6-5-7-26(23)32-16-14-20(15-17-32)28(33)19-8-10-21(30)11-9-19/h5-13,18,20H,4,14-17H2,1-3H3,(H,31,34). The van der Waals surface area contributed by atoms with Crippen LogP contribution in [0.3, 0.4) is 0 Å². The Morgan fingerprint density at radius 3 is 2.36 bits per heavy atom. The van der Waals surface area contributed by atoms with Crippen molar-refractivity contribution in [3.63, 3.8) is 0 Å². The highest BCUT2D eigenvalue weighted by molar-refractivity contribution is 6.07. The van der Waals surface area contributed by atoms with E-state index in [-0.39, 0.29) is 23.4 Å². The Morgan fingerprint density at radius 2 is 1.72 bits per heavy atom. The Kier molecular flexibility index (Phi) is 7.88. The first-order valence-corrected chi connectivity index (χ1v) is 12.1. The number of anilines is 2. The molecule has 7 heteroatoms. The van der Waals surface area contributed by atoms with Gasteiger partial charge < -0.3 is 19.7 Å². The monoisotopic (exact) mass is 490 g/mol. The van der Waals surface area contributed by atoms with Crippen LogP contribution in [0.5, 0.6) is 11.5 Å². The Hall–Kier alpha value is -3.87. The van der Waals surface area contributed by atoms with E-state index < -0.39 is 0 Å². The SMILES string of the molecule is CCc1c(C(=O)Nc2ccc(OC)cc2OC)cccc1N1CCC(C(=O)c2ccc(F)cc2)CC1. The normalized spacial score (nSPS) is 13.8. The summed E-state index contributed by atoms with van der Waals surface area (Å²) >= 11 is 0. The number of carbonyl (C=O) groups excluding carboxylic acids is 2. The van der Waals surface area contributed by atoms with Gasteiger partial charge in [0.2, 0.25) is 0 Å². The fourth-order valence-electron chi connectivity index (χ4n) is 4.78. The van der Waals surface area contributed by atoms with Gasteiger partial charge in [-0.2, -0.15) is 0 Å². The zero-order chi connectivity index (χ0) is 25.7. The number of carbonyl (C=O) groups is 2. The average Bonchev–Trinajstić information content (AvgIpc) is 2.92. The molecule has 1 aliphatic heterocycles. The number of nitrogens with zero attached hydrogens (tertiary/aromatic N) is 1. The molecule has 0 spiro atoms. The maximum Gasteiger partial charge on any atom is 0.256 e. The van der Waals surface area contributed by atoms with E-state index in [0.717, 1.165) is 11.3 Å². The predicted molar refractivity (Wildman–Crippen MR) is 139 cm³/mol. The Morgan fingerprint density at radius 1 is 1.00 bits per heavy atom. The molecule has 0 aromatic heterocycles. The molecule has 0 unspecified atom stereocenters. The number of hydrogen-bond donors (Lipinski definition) is 1. The van der Waals surface area contributed by atoms with Gasteiger partial charge in [-0.05, 0) is 73.4 Å². The van der Waals surface area contributed by atoms with E-state index in [1.807, 2.05) is 25.1 Å². The van der Waals surface area contributed by atoms with Gasteiger partial charge in [0.1, 0.15) is 17.3 Å². The summed E-state index contributed by atoms with van der Waals surface area (Å²) in [4.78, 5) is 28.4. The number of Topliss-reactive ketones (excluding diaryl/α,β-unsaturated/α-hetero) is 1. The van der Waals surface area contributed by atoms with Gasteiger partial charge in [-0.25, -0.2) is 4.39 Å². The van der Waals surface area contributed by atoms with Crippen LogP contribution in [-0.4, -0.2) is 39.0 Å². The van der Waals surface area contributed by atoms with Crippen LogP contribution in [0.25, 0.3) is 0 Å². The highest BCUT2D eigenvalue weighted by Gasteiger charge is 2.27. The molecular weight excluding hydrogens is 459 g/mol. The van der Waals surface area contributed by atoms with E-state index in [9.17, 15) is 14.0 Å². The van der Waals surface area contributed by atoms with Crippen molar-refractivity contribution in [2.24, 2.45) is 5.92 Å². The summed E-state index contributed by atoms with van der Waals surface area (Å²) in [7, 11) is 3.13. The minimum absolute atomic E-state index is 0.0620. The van der Waals surface area contributed by atoms with Crippen molar-refractivity contribution < 1.29 is 23.5 Å². The van der Waals surface area contributed by atoms with Crippen LogP contribution >= 0.6 is 0 Å². The first kappa shape index (κ1) is 25.2. The van der Waals surface area contributed by atoms with Gasteiger partial charge in [0.05, 0.1) is 19.9 Å². The molecule has 3 aromatic carbocycles. The van der Waals surface area contributed by atoms with Crippen LogP contribution in [0.1, 0.15) is 46.0 Å². The quantitative estimate of drug-likeness (QED) is 0.407. The summed E-state index contributed by atoms with van der Waals surface area (Å²) in [6.45, 7) is 3.46. The van der Waals surface area contributed by atoms with Crippen molar-refractivity contribution in [1.29, 1.82) is 0 Å². The fourth-order valence-corrected chi connectivity index (χ4v) is 4.78. The first-order valence-electron chi connectivity index (χ1n) is 12.1. The minimum Gasteiger partial charge on any atom is -0.497 e. The predicted octanol–water partition coefficient (Wildman–Crippen LogP) is 5.76. The number of methoxy groups -OCH3 is 2. The van der Waals surface area contributed by atoms with Crippen molar-refractivity contribution in [3.8, 4) is 11.5 Å². The molecule has 188 valence electrons. The van der Waals surface area contributed by atoms with E-state index in [1.165, 1.54) is 12.1 Å². The smallest absolute Gasteiger partial charge is 0.256 e. The van der Waals surface area contributed by atoms with Gasteiger partial charge in [0.15, 0.2) is 5.78 Å². The highest BCUT2D eigenvalue weighted by atomic mass is 19.1. The third-order valence-electron chi connectivity index (χ3n) is 6.74. The third-order valence-corrected chi connectivity index (χ3v) is 6.74. The van der Waals surface area contributed by atoms with Crippen molar-refractivity contribution >= 4 is 23.1 Å². The van der Waals surface area contributed by atoms with Crippen LogP contribution in [0.2, 0.25) is 0 Å². The molecule has 1 fully saturated rings. The molecular formula is C29H31FN2O4. The number of piperidine rings is 1. The largest absolute Gasteiger partial charge is 0.497 e. The Balaban J connectivity index is 1.49. The lowest BCUT2D eigenvalue weighted by molar-refractivity contribution is 0.0900. The van der Waals surface area contributed by atoms with Crippen molar-refractivity contribution in [1.82, 2.24) is 0 Å². The van der Waals surface area contributed by atoms with E-state index in [2.05, 4.69) is 10.2 Å². The molecule has 1 N–H and O–H groups in total. The van der Waals surface area contributed by atoms with Gasteiger partial charge >= 0.3 is 0 Å². The van der Waals surface area contributed by atoms with E-state index in [0.29, 0.717) is 60.7 Å². The summed E-state index contributed by atoms with van der Waals surface area (Å²) in [5.41, 5.74) is 3.70. The van der Waals surface area contributed by atoms with Gasteiger partial charge in [0.25, 0.3) is 5.91 Å². The number of hydrogen-bond acceptors (Lipinski definition) is 5. The second-order valence-corrected chi connectivity index (χ2v) is 8.81. The highest BCUT2D eigenvalue weighted by Crippen LogP contribution is 2.33. The molecule has 36 heavy (non-hydrogen) atoms. The average molecular weight is 491 g/mol. The number of rotatable bonds is 8. The molecule has 0 atom stereocenters. The number of amides is 1. The van der Waals surface area contributed by atoms with Crippen LogP contribution in [0.15, 0.2) is 60.7 Å². The molecule has 0 radical (unpaired) electrons. The zero-order valence-electron chi connectivity index (χ0n) is 20.8. The molecule has 0 aliphatic carbocycles. The topological polar surface area (TPSA) is 67.9 Å². The Bertz CT molecular complexity index is 1230. The fraction of sp³-hybridized carbons (Fsp3) is 0.310. The first-order chi connectivity index (χ1) is 17.4. The lowest BCUT2D eigenvalue weighted by atomic mass is 9.88. The van der Waals surface area contributed by atoms with Crippen LogP contribution in [-0.2, 0) is 6.42 Å². The minimum atomic E-state index is -0.345. The summed E-state index contributed by atoms with van der Waals surface area (Å²) < 4.78 is 23.9. The maximum atomic E-state index is 13.3. The van der Waals surface area contributed by atoms with E-state index in [4.69, 9.17) is 9.47 Å². The lowest BCUT2D eigenvalue weighted by Crippen LogP contribution is -2.37. The third kappa shape index (κ3) is 5.35. The molecule has 0 saturated carbocycles. The summed E-state index contributed by atoms with van der Waals surface area (Å²) in [6, 6.07) is 16.8. The zero-order valence-corrected chi connectivity index (χ0v) is 20.8. The number of ether oxygens (including phenoxy) is 2. The van der Waals surface area contributed by atoms with Crippen LogP contribution < -0.4 is 19.7 Å². The molecule has 1 saturated heterocycles. The summed E-state index contributed by atoms with van der Waals surface area (Å²) in [6.07, 6.45) is 2.10. The van der Waals surface area contributed by atoms with Gasteiger partial charge in [-0.1, -0.05) is 13.0 Å². The van der Waals surface area contributed by atoms with Crippen LogP contribution in [0, 0.1) is 11.7 Å². The summed E-state index contributed by atoms with van der Waals surface area (Å²) in [5, 5.41) is 2.97. The van der Waals surface area contributed by atoms with E-state index in [1.54, 1.807) is 44.6 Å². The molecule has 1 aliphatic rings. The second-order valence-electron chi connectivity index (χ2n) is 8.81. The van der Waals surface area contributed by atoms with Crippen molar-refractivity contribution in [3.05, 3.63) is 83.2 Å². The Labute approximate surface area is 211 Å². The molecule has 4 rings (SSSR count). The van der Waals surface area contributed by atoms with Gasteiger partial charge in [-0.3, -0.25) is 9.59 Å².